The number of esters is 1. The summed E-state index contributed by atoms with van der Waals surface area (Å²) in [6.07, 6.45) is 5.52. The van der Waals surface area contributed by atoms with Crippen LogP contribution in [0.15, 0.2) is 58.5 Å². The summed E-state index contributed by atoms with van der Waals surface area (Å²) in [4.78, 5) is 14.0. The van der Waals surface area contributed by atoms with Crippen LogP contribution in [0.3, 0.4) is 0 Å². The molecule has 0 aliphatic heterocycles. The molecule has 0 heterocycles. The predicted octanol–water partition coefficient (Wildman–Crippen LogP) is 5.52. The Morgan fingerprint density at radius 2 is 1.51 bits per heavy atom. The molecule has 1 rings (SSSR count). The van der Waals surface area contributed by atoms with Crippen LogP contribution < -0.4 is 0 Å². The molecule has 0 fully saturated rings. The number of hydrogen-bond acceptors (Lipinski definition) is 7. The third-order valence-corrected chi connectivity index (χ3v) is 16.0. The Morgan fingerprint density at radius 1 is 0.971 bits per heavy atom. The molecule has 0 N–H and O–H groups in total. The third-order valence-electron chi connectivity index (χ3n) is 4.59. The summed E-state index contributed by atoms with van der Waals surface area (Å²) in [5.74, 6) is -0.864. The van der Waals surface area contributed by atoms with Crippen molar-refractivity contribution in [3.05, 3.63) is 53.6 Å². The van der Waals surface area contributed by atoms with Gasteiger partial charge >= 0.3 is 14.5 Å². The SMILES string of the molecule is CCOC(=O)C(=CC=CN(C)CCC[Si](C)(O[Si](C)(C)C)O[Si](C)(C)C)S(=O)(=O)c1ccccc1. The molecule has 11 heteroatoms. The Hall–Kier alpha value is -1.51. The molecular weight excluding hydrogens is 515 g/mol. The molecule has 0 radical (unpaired) electrons. The number of sulfone groups is 1. The monoisotopic (exact) mass is 557 g/mol. The molecule has 0 unspecified atom stereocenters. The number of nitrogens with zero attached hydrogens (tertiary/aromatic N) is 1. The molecule has 0 saturated heterocycles. The van der Waals surface area contributed by atoms with Crippen LogP contribution in [0.25, 0.3) is 0 Å². The lowest BCUT2D eigenvalue weighted by molar-refractivity contribution is -0.137. The fourth-order valence-corrected chi connectivity index (χ4v) is 17.4. The molecule has 0 amide bonds. The van der Waals surface area contributed by atoms with Gasteiger partial charge in [0.1, 0.15) is 0 Å². The van der Waals surface area contributed by atoms with Gasteiger partial charge in [-0.15, -0.1) is 0 Å². The van der Waals surface area contributed by atoms with Crippen molar-refractivity contribution in [1.82, 2.24) is 4.90 Å². The van der Waals surface area contributed by atoms with Crippen LogP contribution >= 0.6 is 0 Å². The average molecular weight is 558 g/mol. The van der Waals surface area contributed by atoms with Gasteiger partial charge < -0.3 is 17.9 Å². The van der Waals surface area contributed by atoms with E-state index in [4.69, 9.17) is 13.0 Å². The lowest BCUT2D eigenvalue weighted by Crippen LogP contribution is -2.52. The zero-order valence-corrected chi connectivity index (χ0v) is 26.6. The van der Waals surface area contributed by atoms with Crippen molar-refractivity contribution >= 4 is 41.0 Å². The zero-order chi connectivity index (χ0) is 26.9. The first-order valence-corrected chi connectivity index (χ1v) is 22.8. The molecular formula is C24H43NO6SSi3. The highest BCUT2D eigenvalue weighted by Gasteiger charge is 2.39. The Kier molecular flexibility index (Phi) is 11.8. The fraction of sp³-hybridized carbons (Fsp3) is 0.542. The van der Waals surface area contributed by atoms with Crippen LogP contribution in [-0.2, 0) is 27.6 Å². The second kappa shape index (κ2) is 13.2. The quantitative estimate of drug-likeness (QED) is 0.129. The lowest BCUT2D eigenvalue weighted by atomic mass is 10.4. The van der Waals surface area contributed by atoms with E-state index < -0.39 is 41.0 Å². The minimum Gasteiger partial charge on any atom is -0.462 e. The van der Waals surface area contributed by atoms with Crippen molar-refractivity contribution in [2.75, 3.05) is 20.2 Å². The van der Waals surface area contributed by atoms with Crippen LogP contribution in [-0.4, -0.2) is 64.7 Å². The van der Waals surface area contributed by atoms with Crippen LogP contribution in [0, 0.1) is 0 Å². The van der Waals surface area contributed by atoms with E-state index in [1.165, 1.54) is 18.2 Å². The second-order valence-corrected chi connectivity index (χ2v) is 25.3. The summed E-state index contributed by atoms with van der Waals surface area (Å²) in [6.45, 7) is 17.8. The summed E-state index contributed by atoms with van der Waals surface area (Å²) in [5.41, 5.74) is 0. The van der Waals surface area contributed by atoms with Crippen LogP contribution in [0.4, 0.5) is 0 Å². The third kappa shape index (κ3) is 11.8. The fourth-order valence-electron chi connectivity index (χ4n) is 3.62. The van der Waals surface area contributed by atoms with E-state index in [1.807, 2.05) is 11.9 Å². The van der Waals surface area contributed by atoms with Crippen molar-refractivity contribution in [1.29, 1.82) is 0 Å². The Balaban J connectivity index is 2.94. The van der Waals surface area contributed by atoms with Crippen molar-refractivity contribution in [3.8, 4) is 0 Å². The van der Waals surface area contributed by atoms with E-state index in [2.05, 4.69) is 45.8 Å². The summed E-state index contributed by atoms with van der Waals surface area (Å²) < 4.78 is 44.1. The molecule has 0 aromatic heterocycles. The van der Waals surface area contributed by atoms with Gasteiger partial charge in [0.05, 0.1) is 11.5 Å². The van der Waals surface area contributed by atoms with Gasteiger partial charge in [0.2, 0.25) is 9.84 Å². The van der Waals surface area contributed by atoms with Gasteiger partial charge in [-0.25, -0.2) is 13.2 Å². The van der Waals surface area contributed by atoms with E-state index in [9.17, 15) is 13.2 Å². The highest BCUT2D eigenvalue weighted by molar-refractivity contribution is 7.96. The minimum absolute atomic E-state index is 0.0510. The molecule has 0 aliphatic carbocycles. The molecule has 1 aromatic rings. The number of rotatable bonds is 14. The summed E-state index contributed by atoms with van der Waals surface area (Å²) >= 11 is 0. The number of hydrogen-bond donors (Lipinski definition) is 0. The van der Waals surface area contributed by atoms with Gasteiger partial charge in [0, 0.05) is 13.6 Å². The minimum atomic E-state index is -3.99. The summed E-state index contributed by atoms with van der Waals surface area (Å²) in [5, 5.41) is 0. The van der Waals surface area contributed by atoms with Crippen molar-refractivity contribution in [2.45, 2.75) is 70.1 Å². The Labute approximate surface area is 215 Å². The van der Waals surface area contributed by atoms with E-state index in [1.54, 1.807) is 37.4 Å². The molecule has 198 valence electrons. The van der Waals surface area contributed by atoms with Gasteiger partial charge in [0.25, 0.3) is 0 Å². The maximum Gasteiger partial charge on any atom is 0.350 e. The Morgan fingerprint density at radius 3 is 2.00 bits per heavy atom. The lowest BCUT2D eigenvalue weighted by Gasteiger charge is -2.38. The van der Waals surface area contributed by atoms with Gasteiger partial charge in [-0.3, -0.25) is 0 Å². The van der Waals surface area contributed by atoms with Gasteiger partial charge in [-0.1, -0.05) is 18.2 Å². The second-order valence-electron chi connectivity index (χ2n) is 10.6. The maximum absolute atomic E-state index is 13.0. The number of allylic oxidation sites excluding steroid dienone is 2. The van der Waals surface area contributed by atoms with Gasteiger partial charge in [-0.2, -0.15) is 0 Å². The smallest absolute Gasteiger partial charge is 0.350 e. The molecule has 35 heavy (non-hydrogen) atoms. The zero-order valence-electron chi connectivity index (χ0n) is 22.8. The topological polar surface area (TPSA) is 82.1 Å². The highest BCUT2D eigenvalue weighted by Crippen LogP contribution is 2.25. The highest BCUT2D eigenvalue weighted by atomic mass is 32.2. The molecule has 0 saturated carbocycles. The van der Waals surface area contributed by atoms with Gasteiger partial charge in [-0.05, 0) is 95.7 Å². The summed E-state index contributed by atoms with van der Waals surface area (Å²) in [7, 11) is -7.87. The molecule has 0 bridgehead atoms. The number of ether oxygens (including phenoxy) is 1. The van der Waals surface area contributed by atoms with Crippen molar-refractivity contribution in [3.63, 3.8) is 0 Å². The largest absolute Gasteiger partial charge is 0.462 e. The van der Waals surface area contributed by atoms with E-state index in [0.717, 1.165) is 19.0 Å². The standard InChI is InChI=1S/C24H43NO6SSi3/c1-10-29-24(26)23(32(27,28)22-16-12-11-13-17-22)18-14-19-25(2)20-15-21-35(9,30-33(3,4)5)31-34(6,7)8/h11-14,16-19H,10,15,20-21H2,1-9H3. The van der Waals surface area contributed by atoms with E-state index in [-0.39, 0.29) is 16.4 Å². The maximum atomic E-state index is 13.0. The first-order valence-electron chi connectivity index (χ1n) is 12.0. The first kappa shape index (κ1) is 31.5. The van der Waals surface area contributed by atoms with Gasteiger partial charge in [0.15, 0.2) is 21.5 Å². The van der Waals surface area contributed by atoms with Crippen LogP contribution in [0.1, 0.15) is 13.3 Å². The Bertz CT molecular complexity index is 967. The average Bonchev–Trinajstić information content (AvgIpc) is 2.68. The summed E-state index contributed by atoms with van der Waals surface area (Å²) in [6, 6.07) is 8.77. The van der Waals surface area contributed by atoms with Crippen molar-refractivity contribution < 1.29 is 26.2 Å². The molecule has 0 aliphatic rings. The first-order chi connectivity index (χ1) is 16.0. The molecule has 0 atom stereocenters. The van der Waals surface area contributed by atoms with E-state index in [0.29, 0.717) is 0 Å². The molecule has 7 nitrogen and oxygen atoms in total. The normalized spacial score (nSPS) is 13.8. The van der Waals surface area contributed by atoms with E-state index >= 15 is 0 Å². The predicted molar refractivity (Wildman–Crippen MR) is 150 cm³/mol. The number of benzene rings is 1. The molecule has 1 aromatic carbocycles. The van der Waals surface area contributed by atoms with Crippen LogP contribution in [0.5, 0.6) is 0 Å². The number of carbonyl (C=O) groups excluding carboxylic acids is 1. The van der Waals surface area contributed by atoms with Crippen molar-refractivity contribution in [2.24, 2.45) is 0 Å². The van der Waals surface area contributed by atoms with Crippen LogP contribution in [0.2, 0.25) is 51.9 Å². The number of carbonyl (C=O) groups is 1. The molecule has 0 spiro atoms.